The number of methoxy groups -OCH3 is 1. The molecule has 0 saturated heterocycles. The zero-order valence-electron chi connectivity index (χ0n) is 8.35. The average Bonchev–Trinajstić information content (AvgIpc) is 2.19. The van der Waals surface area contributed by atoms with Crippen LogP contribution in [0.1, 0.15) is 20.7 Å². The van der Waals surface area contributed by atoms with E-state index >= 15 is 0 Å². The molecule has 0 heterocycles. The highest BCUT2D eigenvalue weighted by molar-refractivity contribution is 5.99. The van der Waals surface area contributed by atoms with E-state index in [-0.39, 0.29) is 11.1 Å². The van der Waals surface area contributed by atoms with Crippen molar-refractivity contribution in [2.75, 3.05) is 14.2 Å². The third-order valence-corrected chi connectivity index (χ3v) is 1.37. The second-order valence-corrected chi connectivity index (χ2v) is 2.53. The van der Waals surface area contributed by atoms with Gasteiger partial charge in [0.2, 0.25) is 0 Å². The van der Waals surface area contributed by atoms with Gasteiger partial charge in [0.15, 0.2) is 0 Å². The Hall–Kier alpha value is -1.88. The van der Waals surface area contributed by atoms with E-state index in [2.05, 4.69) is 4.74 Å². The Bertz CT molecular complexity index is 312. The maximum atomic E-state index is 10.3. The summed E-state index contributed by atoms with van der Waals surface area (Å²) in [6.07, 6.45) is 0. The first kappa shape index (κ1) is 13.1. The van der Waals surface area contributed by atoms with Crippen molar-refractivity contribution < 1.29 is 24.5 Å². The number of ether oxygens (including phenoxy) is 1. The largest absolute Gasteiger partial charge is 0.545 e. The molecule has 15 heavy (non-hydrogen) atoms. The molecule has 0 aliphatic carbocycles. The molecular weight excluding hydrogens is 200 g/mol. The molecule has 0 fully saturated rings. The van der Waals surface area contributed by atoms with Crippen molar-refractivity contribution in [3.63, 3.8) is 0 Å². The van der Waals surface area contributed by atoms with E-state index < -0.39 is 11.9 Å². The first-order valence-corrected chi connectivity index (χ1v) is 3.96. The molecule has 0 unspecified atom stereocenters. The van der Waals surface area contributed by atoms with Gasteiger partial charge in [-0.3, -0.25) is 0 Å². The summed E-state index contributed by atoms with van der Waals surface area (Å²) in [5.74, 6) is -3.04. The lowest BCUT2D eigenvalue weighted by atomic mass is 10.1. The van der Waals surface area contributed by atoms with Crippen LogP contribution < -0.4 is 10.2 Å². The van der Waals surface area contributed by atoms with Crippen molar-refractivity contribution in [2.45, 2.75) is 0 Å². The lowest BCUT2D eigenvalue weighted by Crippen LogP contribution is -2.29. The van der Waals surface area contributed by atoms with Crippen LogP contribution in [0.3, 0.4) is 0 Å². The summed E-state index contributed by atoms with van der Waals surface area (Å²) in [6, 6.07) is 5.14. The zero-order valence-corrected chi connectivity index (χ0v) is 8.35. The number of hydrogen-bond donors (Lipinski definition) is 0. The van der Waals surface area contributed by atoms with Gasteiger partial charge >= 0.3 is 0 Å². The van der Waals surface area contributed by atoms with Crippen molar-refractivity contribution in [3.8, 4) is 0 Å². The van der Waals surface area contributed by atoms with E-state index in [4.69, 9.17) is 0 Å². The third-order valence-electron chi connectivity index (χ3n) is 1.37. The second kappa shape index (κ2) is 6.56. The molecule has 0 aliphatic rings. The molecule has 0 spiro atoms. The minimum atomic E-state index is -1.52. The first-order valence-electron chi connectivity index (χ1n) is 3.96. The van der Waals surface area contributed by atoms with Crippen molar-refractivity contribution in [1.82, 2.24) is 0 Å². The second-order valence-electron chi connectivity index (χ2n) is 2.53. The Kier molecular flexibility index (Phi) is 5.73. The van der Waals surface area contributed by atoms with Crippen LogP contribution >= 0.6 is 0 Å². The molecule has 5 heteroatoms. The minimum Gasteiger partial charge on any atom is -0.545 e. The van der Waals surface area contributed by atoms with E-state index in [0.29, 0.717) is 0 Å². The first-order chi connectivity index (χ1) is 7.04. The predicted octanol–water partition coefficient (Wildman–Crippen LogP) is -1.32. The standard InChI is InChI=1S/C8H6O4.C2H6O/c9-7(10)5-3-1-2-4-6(5)8(11)12;1-3-2/h1-4H,(H,9,10)(H,11,12);1-2H3/p-2. The molecule has 0 aromatic heterocycles. The summed E-state index contributed by atoms with van der Waals surface area (Å²) >= 11 is 0. The third kappa shape index (κ3) is 4.24. The molecule has 5 nitrogen and oxygen atoms in total. The van der Waals surface area contributed by atoms with Gasteiger partial charge in [-0.15, -0.1) is 0 Å². The fourth-order valence-corrected chi connectivity index (χ4v) is 0.839. The SMILES string of the molecule is COC.O=C([O-])c1ccccc1C(=O)[O-]. The molecule has 0 bridgehead atoms. The molecule has 0 aliphatic heterocycles. The summed E-state index contributed by atoms with van der Waals surface area (Å²) in [4.78, 5) is 20.6. The fraction of sp³-hybridized carbons (Fsp3) is 0.200. The van der Waals surface area contributed by atoms with Crippen LogP contribution in [0.25, 0.3) is 0 Å². The zero-order chi connectivity index (χ0) is 11.8. The maximum absolute atomic E-state index is 10.3. The van der Waals surface area contributed by atoms with Gasteiger partial charge in [-0.25, -0.2) is 0 Å². The molecule has 0 amide bonds. The van der Waals surface area contributed by atoms with Crippen LogP contribution in [-0.4, -0.2) is 26.2 Å². The van der Waals surface area contributed by atoms with Crippen molar-refractivity contribution >= 4 is 11.9 Å². The van der Waals surface area contributed by atoms with Crippen molar-refractivity contribution in [1.29, 1.82) is 0 Å². The molecular formula is C10H10O5-2. The molecule has 0 atom stereocenters. The van der Waals surface area contributed by atoms with E-state index in [0.717, 1.165) is 12.1 Å². The Labute approximate surface area is 86.9 Å². The number of aromatic carboxylic acids is 2. The molecule has 1 rings (SSSR count). The maximum Gasteiger partial charge on any atom is 0.0721 e. The lowest BCUT2D eigenvalue weighted by Gasteiger charge is -2.09. The summed E-state index contributed by atoms with van der Waals surface area (Å²) in [6.45, 7) is 0. The topological polar surface area (TPSA) is 89.5 Å². The molecule has 0 N–H and O–H groups in total. The number of carbonyl (C=O) groups excluding carboxylic acids is 2. The van der Waals surface area contributed by atoms with Crippen molar-refractivity contribution in [2.24, 2.45) is 0 Å². The molecule has 0 saturated carbocycles. The summed E-state index contributed by atoms with van der Waals surface area (Å²) in [5, 5.41) is 20.6. The van der Waals surface area contributed by atoms with E-state index in [1.807, 2.05) is 0 Å². The summed E-state index contributed by atoms with van der Waals surface area (Å²) < 4.78 is 4.25. The quantitative estimate of drug-likeness (QED) is 0.603. The molecule has 1 aromatic rings. The highest BCUT2D eigenvalue weighted by Crippen LogP contribution is 2.05. The highest BCUT2D eigenvalue weighted by Gasteiger charge is 2.01. The van der Waals surface area contributed by atoms with Gasteiger partial charge in [0.05, 0.1) is 11.9 Å². The Balaban J connectivity index is 0.000000583. The lowest BCUT2D eigenvalue weighted by molar-refractivity contribution is -0.259. The van der Waals surface area contributed by atoms with Crippen LogP contribution in [0.4, 0.5) is 0 Å². The fourth-order valence-electron chi connectivity index (χ4n) is 0.839. The van der Waals surface area contributed by atoms with Gasteiger partial charge in [-0.1, -0.05) is 24.3 Å². The number of hydrogen-bond acceptors (Lipinski definition) is 5. The van der Waals surface area contributed by atoms with E-state index in [1.54, 1.807) is 14.2 Å². The normalized spacial score (nSPS) is 8.67. The van der Waals surface area contributed by atoms with Gasteiger partial charge in [0, 0.05) is 25.3 Å². The van der Waals surface area contributed by atoms with Gasteiger partial charge in [-0.05, 0) is 0 Å². The van der Waals surface area contributed by atoms with Crippen LogP contribution in [0.15, 0.2) is 24.3 Å². The average molecular weight is 210 g/mol. The summed E-state index contributed by atoms with van der Waals surface area (Å²) in [5.41, 5.74) is -0.727. The van der Waals surface area contributed by atoms with Gasteiger partial charge < -0.3 is 24.5 Å². The Morgan fingerprint density at radius 3 is 1.47 bits per heavy atom. The number of carboxylic acid groups (broad SMARTS) is 2. The Morgan fingerprint density at radius 2 is 1.27 bits per heavy atom. The van der Waals surface area contributed by atoms with Crippen LogP contribution in [-0.2, 0) is 4.74 Å². The molecule has 0 radical (unpaired) electrons. The van der Waals surface area contributed by atoms with E-state index in [1.165, 1.54) is 12.1 Å². The van der Waals surface area contributed by atoms with Crippen LogP contribution in [0.2, 0.25) is 0 Å². The highest BCUT2D eigenvalue weighted by atomic mass is 16.4. The monoisotopic (exact) mass is 210 g/mol. The minimum absolute atomic E-state index is 0.363. The van der Waals surface area contributed by atoms with Crippen LogP contribution in [0.5, 0.6) is 0 Å². The number of benzene rings is 1. The van der Waals surface area contributed by atoms with Crippen molar-refractivity contribution in [3.05, 3.63) is 35.4 Å². The van der Waals surface area contributed by atoms with Gasteiger partial charge in [0.25, 0.3) is 0 Å². The van der Waals surface area contributed by atoms with Gasteiger partial charge in [-0.2, -0.15) is 0 Å². The number of carbonyl (C=O) groups is 2. The molecule has 82 valence electrons. The predicted molar refractivity (Wildman–Crippen MR) is 48.0 cm³/mol. The Morgan fingerprint density at radius 1 is 1.00 bits per heavy atom. The van der Waals surface area contributed by atoms with E-state index in [9.17, 15) is 19.8 Å². The van der Waals surface area contributed by atoms with Gasteiger partial charge in [0.1, 0.15) is 0 Å². The summed E-state index contributed by atoms with van der Waals surface area (Å²) in [7, 11) is 3.25. The smallest absolute Gasteiger partial charge is 0.0721 e. The number of rotatable bonds is 2. The van der Waals surface area contributed by atoms with Crippen LogP contribution in [0, 0.1) is 0 Å². The molecule has 1 aromatic carbocycles. The number of carboxylic acids is 2.